The van der Waals surface area contributed by atoms with Crippen LogP contribution in [-0.4, -0.2) is 6.29 Å². The molecule has 122 valence electrons. The standard InChI is InChI=1S/C11H12Cl2.C7H9N3/c12-10-6-5-9(7-11(10)13)8-3-1-2-4-8;8-7-9-5-3-1-2-4-6(5)10-7/h5-8H,1-4H2;1-4,7,9-10H,8H2. The van der Waals surface area contributed by atoms with Gasteiger partial charge in [0.05, 0.1) is 21.4 Å². The quantitative estimate of drug-likeness (QED) is 0.644. The van der Waals surface area contributed by atoms with E-state index in [1.54, 1.807) is 0 Å². The number of hydrogen-bond donors (Lipinski definition) is 3. The van der Waals surface area contributed by atoms with Crippen LogP contribution in [0.3, 0.4) is 0 Å². The van der Waals surface area contributed by atoms with E-state index in [9.17, 15) is 0 Å². The summed E-state index contributed by atoms with van der Waals surface area (Å²) in [5.74, 6) is 0.717. The molecule has 4 N–H and O–H groups in total. The summed E-state index contributed by atoms with van der Waals surface area (Å²) < 4.78 is 0. The predicted molar refractivity (Wildman–Crippen MR) is 99.3 cm³/mol. The molecule has 3 nitrogen and oxygen atoms in total. The van der Waals surface area contributed by atoms with E-state index in [0.29, 0.717) is 10.0 Å². The van der Waals surface area contributed by atoms with Gasteiger partial charge < -0.3 is 10.6 Å². The van der Waals surface area contributed by atoms with Crippen molar-refractivity contribution in [2.75, 3.05) is 10.6 Å². The number of para-hydroxylation sites is 2. The summed E-state index contributed by atoms with van der Waals surface area (Å²) in [5.41, 5.74) is 9.07. The number of benzene rings is 2. The Balaban J connectivity index is 0.000000140. The van der Waals surface area contributed by atoms with Crippen LogP contribution >= 0.6 is 23.2 Å². The summed E-state index contributed by atoms with van der Waals surface area (Å²) in [6.07, 6.45) is 5.18. The zero-order chi connectivity index (χ0) is 16.2. The van der Waals surface area contributed by atoms with Gasteiger partial charge in [-0.05, 0) is 48.6 Å². The Bertz CT molecular complexity index is 644. The Hall–Kier alpha value is -1.42. The highest BCUT2D eigenvalue weighted by Gasteiger charge is 2.17. The van der Waals surface area contributed by atoms with Gasteiger partial charge in [0.2, 0.25) is 0 Å². The van der Waals surface area contributed by atoms with Crippen molar-refractivity contribution >= 4 is 34.6 Å². The Morgan fingerprint density at radius 2 is 1.48 bits per heavy atom. The minimum absolute atomic E-state index is 0.127. The Morgan fingerprint density at radius 1 is 0.870 bits per heavy atom. The van der Waals surface area contributed by atoms with Crippen LogP contribution < -0.4 is 16.4 Å². The Labute approximate surface area is 147 Å². The number of fused-ring (bicyclic) bond motifs is 1. The van der Waals surface area contributed by atoms with Crippen molar-refractivity contribution in [3.63, 3.8) is 0 Å². The molecule has 0 unspecified atom stereocenters. The zero-order valence-corrected chi connectivity index (χ0v) is 14.4. The van der Waals surface area contributed by atoms with E-state index in [2.05, 4.69) is 16.7 Å². The fourth-order valence-electron chi connectivity index (χ4n) is 3.13. The highest BCUT2D eigenvalue weighted by Crippen LogP contribution is 2.36. The van der Waals surface area contributed by atoms with Crippen LogP contribution in [0.15, 0.2) is 42.5 Å². The average Bonchev–Trinajstić information content (AvgIpc) is 3.18. The SMILES string of the molecule is Clc1ccc(C2CCCC2)cc1Cl.NC1Nc2ccccc2N1. The first-order valence-electron chi connectivity index (χ1n) is 7.96. The number of hydrogen-bond acceptors (Lipinski definition) is 3. The molecule has 1 heterocycles. The summed E-state index contributed by atoms with van der Waals surface area (Å²) in [6.45, 7) is 0. The van der Waals surface area contributed by atoms with Crippen molar-refractivity contribution in [3.8, 4) is 0 Å². The monoisotopic (exact) mass is 349 g/mol. The molecule has 0 saturated heterocycles. The van der Waals surface area contributed by atoms with Crippen LogP contribution in [0.1, 0.15) is 37.2 Å². The minimum Gasteiger partial charge on any atom is -0.352 e. The summed E-state index contributed by atoms with van der Waals surface area (Å²) in [4.78, 5) is 0. The van der Waals surface area contributed by atoms with E-state index < -0.39 is 0 Å². The fraction of sp³-hybridized carbons (Fsp3) is 0.333. The summed E-state index contributed by atoms with van der Waals surface area (Å²) in [6, 6.07) is 14.0. The van der Waals surface area contributed by atoms with Crippen molar-refractivity contribution in [2.24, 2.45) is 5.73 Å². The lowest BCUT2D eigenvalue weighted by molar-refractivity contribution is 0.723. The Kier molecular flexibility index (Phi) is 5.31. The first-order chi connectivity index (χ1) is 11.1. The highest BCUT2D eigenvalue weighted by atomic mass is 35.5. The second-order valence-corrected chi connectivity index (χ2v) is 6.78. The average molecular weight is 350 g/mol. The van der Waals surface area contributed by atoms with E-state index in [0.717, 1.165) is 17.3 Å². The number of nitrogens with two attached hydrogens (primary N) is 1. The lowest BCUT2D eigenvalue weighted by atomic mass is 9.98. The van der Waals surface area contributed by atoms with Gasteiger partial charge >= 0.3 is 0 Å². The van der Waals surface area contributed by atoms with Gasteiger partial charge in [0.1, 0.15) is 0 Å². The molecule has 1 aliphatic carbocycles. The van der Waals surface area contributed by atoms with Gasteiger partial charge in [-0.1, -0.05) is 54.2 Å². The second kappa shape index (κ2) is 7.43. The third kappa shape index (κ3) is 4.11. The molecule has 4 rings (SSSR count). The zero-order valence-electron chi connectivity index (χ0n) is 12.9. The molecule has 0 amide bonds. The van der Waals surface area contributed by atoms with E-state index in [4.69, 9.17) is 28.9 Å². The smallest absolute Gasteiger partial charge is 0.150 e. The van der Waals surface area contributed by atoms with Crippen LogP contribution in [0.25, 0.3) is 0 Å². The van der Waals surface area contributed by atoms with Crippen LogP contribution in [0, 0.1) is 0 Å². The van der Waals surface area contributed by atoms with Gasteiger partial charge in [0.25, 0.3) is 0 Å². The number of anilines is 2. The molecule has 5 heteroatoms. The molecule has 2 aliphatic rings. The van der Waals surface area contributed by atoms with Crippen LogP contribution in [-0.2, 0) is 0 Å². The molecule has 1 fully saturated rings. The first kappa shape index (κ1) is 16.4. The van der Waals surface area contributed by atoms with Crippen LogP contribution in [0.5, 0.6) is 0 Å². The molecule has 0 spiro atoms. The van der Waals surface area contributed by atoms with Crippen molar-refractivity contribution < 1.29 is 0 Å². The summed E-state index contributed by atoms with van der Waals surface area (Å²) in [7, 11) is 0. The fourth-order valence-corrected chi connectivity index (χ4v) is 3.44. The van der Waals surface area contributed by atoms with Gasteiger partial charge in [0.15, 0.2) is 6.29 Å². The lowest BCUT2D eigenvalue weighted by Crippen LogP contribution is -2.31. The van der Waals surface area contributed by atoms with Crippen LogP contribution in [0.4, 0.5) is 11.4 Å². The second-order valence-electron chi connectivity index (χ2n) is 5.97. The van der Waals surface area contributed by atoms with Crippen molar-refractivity contribution in [1.29, 1.82) is 0 Å². The molecule has 0 radical (unpaired) electrons. The molecular weight excluding hydrogens is 329 g/mol. The maximum atomic E-state index is 5.96. The van der Waals surface area contributed by atoms with Crippen molar-refractivity contribution in [2.45, 2.75) is 37.9 Å². The number of halogens is 2. The maximum absolute atomic E-state index is 5.96. The Morgan fingerprint density at radius 3 is 2.04 bits per heavy atom. The highest BCUT2D eigenvalue weighted by molar-refractivity contribution is 6.42. The van der Waals surface area contributed by atoms with Gasteiger partial charge in [-0.3, -0.25) is 5.73 Å². The van der Waals surface area contributed by atoms with E-state index in [1.807, 2.05) is 36.4 Å². The largest absolute Gasteiger partial charge is 0.352 e. The van der Waals surface area contributed by atoms with Crippen LogP contribution in [0.2, 0.25) is 10.0 Å². The van der Waals surface area contributed by atoms with E-state index in [-0.39, 0.29) is 6.29 Å². The van der Waals surface area contributed by atoms with Gasteiger partial charge in [-0.2, -0.15) is 0 Å². The van der Waals surface area contributed by atoms with Crippen molar-refractivity contribution in [3.05, 3.63) is 58.1 Å². The van der Waals surface area contributed by atoms with E-state index >= 15 is 0 Å². The number of rotatable bonds is 1. The molecule has 1 saturated carbocycles. The first-order valence-corrected chi connectivity index (χ1v) is 8.72. The normalized spacial score (nSPS) is 17.0. The summed E-state index contributed by atoms with van der Waals surface area (Å²) in [5, 5.41) is 7.47. The van der Waals surface area contributed by atoms with Crippen molar-refractivity contribution in [1.82, 2.24) is 0 Å². The minimum atomic E-state index is -0.127. The van der Waals surface area contributed by atoms with Gasteiger partial charge in [0, 0.05) is 0 Å². The molecular formula is C18H21Cl2N3. The third-order valence-electron chi connectivity index (χ3n) is 4.32. The number of nitrogens with one attached hydrogen (secondary N) is 2. The molecule has 0 aromatic heterocycles. The van der Waals surface area contributed by atoms with Gasteiger partial charge in [-0.15, -0.1) is 0 Å². The predicted octanol–water partition coefficient (Wildman–Crippen LogP) is 5.42. The van der Waals surface area contributed by atoms with E-state index in [1.165, 1.54) is 31.2 Å². The summed E-state index contributed by atoms with van der Waals surface area (Å²) >= 11 is 11.8. The third-order valence-corrected chi connectivity index (χ3v) is 5.06. The molecule has 0 bridgehead atoms. The molecule has 0 atom stereocenters. The molecule has 23 heavy (non-hydrogen) atoms. The topological polar surface area (TPSA) is 50.1 Å². The molecule has 1 aliphatic heterocycles. The lowest BCUT2D eigenvalue weighted by Gasteiger charge is -2.09. The van der Waals surface area contributed by atoms with Gasteiger partial charge in [-0.25, -0.2) is 0 Å². The molecule has 2 aromatic carbocycles. The molecule has 2 aromatic rings. The maximum Gasteiger partial charge on any atom is 0.150 e.